The number of methoxy groups -OCH3 is 2. The third kappa shape index (κ3) is 7.57. The smallest absolute Gasteiger partial charge is 0.348 e. The Bertz CT molecular complexity index is 1340. The van der Waals surface area contributed by atoms with E-state index < -0.39 is 6.04 Å². The summed E-state index contributed by atoms with van der Waals surface area (Å²) in [6, 6.07) is 18.5. The van der Waals surface area contributed by atoms with Gasteiger partial charge in [-0.15, -0.1) is 11.3 Å². The van der Waals surface area contributed by atoms with Gasteiger partial charge in [-0.25, -0.2) is 9.59 Å². The number of hydrogen-bond acceptors (Lipinski definition) is 7. The molecule has 0 N–H and O–H groups in total. The lowest BCUT2D eigenvalue weighted by Gasteiger charge is -2.23. The highest BCUT2D eigenvalue weighted by Crippen LogP contribution is 2.32. The first-order chi connectivity index (χ1) is 20.4. The number of carbonyl (C=O) groups is 3. The fourth-order valence-electron chi connectivity index (χ4n) is 5.15. The van der Waals surface area contributed by atoms with Gasteiger partial charge in [0.15, 0.2) is 0 Å². The molecule has 224 valence electrons. The van der Waals surface area contributed by atoms with Crippen LogP contribution in [-0.2, 0) is 27.3 Å². The van der Waals surface area contributed by atoms with Crippen molar-refractivity contribution in [1.82, 2.24) is 4.90 Å². The zero-order chi connectivity index (χ0) is 30.1. The number of nitrogens with zero attached hydrogens (tertiary/aromatic N) is 2. The predicted octanol–water partition coefficient (Wildman–Crippen LogP) is 7.17. The van der Waals surface area contributed by atoms with Crippen LogP contribution in [0.15, 0.2) is 60.7 Å². The van der Waals surface area contributed by atoms with E-state index in [0.29, 0.717) is 36.4 Å². The molecule has 3 aromatic rings. The van der Waals surface area contributed by atoms with E-state index in [9.17, 15) is 14.4 Å². The molecule has 4 rings (SSSR count). The van der Waals surface area contributed by atoms with Gasteiger partial charge in [-0.2, -0.15) is 0 Å². The molecule has 1 aromatic heterocycles. The van der Waals surface area contributed by atoms with Crippen LogP contribution in [0.5, 0.6) is 5.75 Å². The van der Waals surface area contributed by atoms with Crippen LogP contribution in [0.4, 0.5) is 10.5 Å². The second-order valence-electron chi connectivity index (χ2n) is 10.5. The SMILES string of the molecule is CCCCCC(OCc1ccc(OC)cc1)c1ccc(N2C(=O)N(C)C(=O)C2CCCc2ccc(C(=O)OC)s2)cc1. The molecule has 8 nitrogen and oxygen atoms in total. The number of likely N-dealkylation sites (N-methyl/N-ethyl adjacent to an activating group) is 1. The number of thiophene rings is 1. The monoisotopic (exact) mass is 592 g/mol. The first kappa shape index (κ1) is 31.3. The predicted molar refractivity (Wildman–Crippen MR) is 164 cm³/mol. The van der Waals surface area contributed by atoms with Crippen LogP contribution in [-0.4, -0.2) is 50.1 Å². The van der Waals surface area contributed by atoms with Crippen molar-refractivity contribution < 1.29 is 28.6 Å². The average molecular weight is 593 g/mol. The lowest BCUT2D eigenvalue weighted by molar-refractivity contribution is -0.126. The lowest BCUT2D eigenvalue weighted by Crippen LogP contribution is -2.35. The summed E-state index contributed by atoms with van der Waals surface area (Å²) in [5, 5.41) is 0. The van der Waals surface area contributed by atoms with E-state index in [4.69, 9.17) is 14.2 Å². The average Bonchev–Trinajstić information content (AvgIpc) is 3.58. The van der Waals surface area contributed by atoms with Gasteiger partial charge in [-0.05, 0) is 73.2 Å². The second kappa shape index (κ2) is 15.0. The van der Waals surface area contributed by atoms with E-state index >= 15 is 0 Å². The summed E-state index contributed by atoms with van der Waals surface area (Å²) in [5.74, 6) is 0.260. The van der Waals surface area contributed by atoms with Crippen molar-refractivity contribution in [2.45, 2.75) is 70.6 Å². The number of benzene rings is 2. The van der Waals surface area contributed by atoms with Crippen LogP contribution in [0.25, 0.3) is 0 Å². The summed E-state index contributed by atoms with van der Waals surface area (Å²) in [7, 11) is 4.55. The Balaban J connectivity index is 1.44. The molecule has 3 amide bonds. The Morgan fingerprint density at radius 1 is 0.952 bits per heavy atom. The van der Waals surface area contributed by atoms with Crippen LogP contribution < -0.4 is 9.64 Å². The van der Waals surface area contributed by atoms with Gasteiger partial charge in [0.1, 0.15) is 16.7 Å². The zero-order valence-electron chi connectivity index (χ0n) is 24.8. The number of amides is 3. The number of anilines is 1. The maximum Gasteiger partial charge on any atom is 0.348 e. The number of unbranched alkanes of at least 4 members (excludes halogenated alkanes) is 2. The molecule has 2 unspecified atom stereocenters. The first-order valence-electron chi connectivity index (χ1n) is 14.5. The van der Waals surface area contributed by atoms with E-state index in [2.05, 4.69) is 6.92 Å². The van der Waals surface area contributed by atoms with E-state index in [1.54, 1.807) is 18.1 Å². The van der Waals surface area contributed by atoms with E-state index in [0.717, 1.165) is 47.4 Å². The molecule has 0 spiro atoms. The second-order valence-corrected chi connectivity index (χ2v) is 11.6. The molecule has 2 aromatic carbocycles. The van der Waals surface area contributed by atoms with Gasteiger partial charge in [0.2, 0.25) is 0 Å². The van der Waals surface area contributed by atoms with Gasteiger partial charge in [0, 0.05) is 17.6 Å². The maximum absolute atomic E-state index is 13.1. The maximum atomic E-state index is 13.1. The number of urea groups is 1. The molecule has 2 heterocycles. The Labute approximate surface area is 252 Å². The van der Waals surface area contributed by atoms with Crippen LogP contribution in [0.2, 0.25) is 0 Å². The molecular weight excluding hydrogens is 552 g/mol. The van der Waals surface area contributed by atoms with Crippen molar-refractivity contribution in [2.75, 3.05) is 26.2 Å². The number of hydrogen-bond donors (Lipinski definition) is 0. The van der Waals surface area contributed by atoms with Crippen LogP contribution in [0, 0.1) is 0 Å². The van der Waals surface area contributed by atoms with Crippen molar-refractivity contribution in [3.63, 3.8) is 0 Å². The van der Waals surface area contributed by atoms with Crippen molar-refractivity contribution in [1.29, 1.82) is 0 Å². The Morgan fingerprint density at radius 2 is 1.69 bits per heavy atom. The Hall–Kier alpha value is -3.69. The minimum atomic E-state index is -0.569. The molecule has 9 heteroatoms. The third-order valence-corrected chi connectivity index (χ3v) is 8.72. The molecule has 0 bridgehead atoms. The minimum Gasteiger partial charge on any atom is -0.497 e. The third-order valence-electron chi connectivity index (χ3n) is 7.59. The molecule has 1 aliphatic rings. The molecule has 1 saturated heterocycles. The van der Waals surface area contributed by atoms with Gasteiger partial charge < -0.3 is 14.2 Å². The van der Waals surface area contributed by atoms with Crippen molar-refractivity contribution in [2.24, 2.45) is 0 Å². The summed E-state index contributed by atoms with van der Waals surface area (Å²) >= 11 is 1.39. The summed E-state index contributed by atoms with van der Waals surface area (Å²) in [4.78, 5) is 42.3. The molecule has 0 aliphatic carbocycles. The van der Waals surface area contributed by atoms with E-state index in [1.165, 1.54) is 30.4 Å². The fourth-order valence-corrected chi connectivity index (χ4v) is 6.12. The highest BCUT2D eigenvalue weighted by molar-refractivity contribution is 7.13. The number of aryl methyl sites for hydroxylation is 1. The van der Waals surface area contributed by atoms with Crippen LogP contribution in [0.1, 0.15) is 77.2 Å². The Morgan fingerprint density at radius 3 is 2.36 bits per heavy atom. The largest absolute Gasteiger partial charge is 0.497 e. The molecule has 1 fully saturated rings. The van der Waals surface area contributed by atoms with Crippen molar-refractivity contribution in [3.05, 3.63) is 81.5 Å². The summed E-state index contributed by atoms with van der Waals surface area (Å²) < 4.78 is 16.4. The lowest BCUT2D eigenvalue weighted by atomic mass is 10.0. The van der Waals surface area contributed by atoms with Gasteiger partial charge in [0.25, 0.3) is 5.91 Å². The summed E-state index contributed by atoms with van der Waals surface area (Å²) in [5.41, 5.74) is 2.81. The Kier molecular flexibility index (Phi) is 11.1. The van der Waals surface area contributed by atoms with Crippen molar-refractivity contribution in [3.8, 4) is 5.75 Å². The number of rotatable bonds is 15. The number of imide groups is 1. The van der Waals surface area contributed by atoms with Gasteiger partial charge in [-0.1, -0.05) is 50.5 Å². The molecule has 2 atom stereocenters. The molecule has 0 saturated carbocycles. The minimum absolute atomic E-state index is 0.0808. The van der Waals surface area contributed by atoms with Gasteiger partial charge >= 0.3 is 12.0 Å². The molecule has 0 radical (unpaired) electrons. The fraction of sp³-hybridized carbons (Fsp3) is 0.424. The van der Waals surface area contributed by atoms with Crippen LogP contribution >= 0.6 is 11.3 Å². The van der Waals surface area contributed by atoms with Crippen molar-refractivity contribution >= 4 is 34.9 Å². The van der Waals surface area contributed by atoms with Gasteiger partial charge in [0.05, 0.1) is 26.9 Å². The van der Waals surface area contributed by atoms with Crippen LogP contribution in [0.3, 0.4) is 0 Å². The van der Waals surface area contributed by atoms with E-state index in [-0.39, 0.29) is 24.0 Å². The number of carbonyl (C=O) groups excluding carboxylic acids is 3. The summed E-state index contributed by atoms with van der Waals surface area (Å²) in [6.07, 6.45) is 6.07. The highest BCUT2D eigenvalue weighted by atomic mass is 32.1. The van der Waals surface area contributed by atoms with E-state index in [1.807, 2.05) is 54.6 Å². The highest BCUT2D eigenvalue weighted by Gasteiger charge is 2.43. The molecule has 42 heavy (non-hydrogen) atoms. The van der Waals surface area contributed by atoms with Gasteiger partial charge in [-0.3, -0.25) is 14.6 Å². The number of esters is 1. The molecular formula is C33H40N2O6S. The zero-order valence-corrected chi connectivity index (χ0v) is 25.7. The normalized spacial score (nSPS) is 15.8. The number of ether oxygens (including phenoxy) is 3. The summed E-state index contributed by atoms with van der Waals surface area (Å²) in [6.45, 7) is 2.67. The first-order valence-corrected chi connectivity index (χ1v) is 15.3. The standard InChI is InChI=1S/C33H40N2O6S/c1-5-6-7-11-29(41-22-23-12-18-26(39-3)19-13-23)24-14-16-25(17-15-24)35-28(31(36)34(2)33(35)38)10-8-9-27-20-21-30(42-27)32(37)40-4/h12-21,28-29H,5-11,22H2,1-4H3. The topological polar surface area (TPSA) is 85.4 Å². The molecule has 1 aliphatic heterocycles. The quantitative estimate of drug-likeness (QED) is 0.106.